The Bertz CT molecular complexity index is 956. The number of hydrogen-bond acceptors (Lipinski definition) is 5. The number of benzene rings is 1. The lowest BCUT2D eigenvalue weighted by Crippen LogP contribution is -2.08. The maximum absolute atomic E-state index is 5.65. The van der Waals surface area contributed by atoms with E-state index in [1.807, 2.05) is 0 Å². The topological polar surface area (TPSA) is 63.8 Å². The highest BCUT2D eigenvalue weighted by atomic mass is 16.5. The molecule has 2 aromatic heterocycles. The summed E-state index contributed by atoms with van der Waals surface area (Å²) < 4.78 is 5.65. The Balaban J connectivity index is 1.62. The van der Waals surface area contributed by atoms with Gasteiger partial charge in [0.25, 0.3) is 0 Å². The zero-order chi connectivity index (χ0) is 18.6. The van der Waals surface area contributed by atoms with Crippen LogP contribution in [0.5, 0.6) is 0 Å². The van der Waals surface area contributed by atoms with E-state index in [-0.39, 0.29) is 0 Å². The molecule has 27 heavy (non-hydrogen) atoms. The Kier molecular flexibility index (Phi) is 5.19. The summed E-state index contributed by atoms with van der Waals surface area (Å²) in [4.78, 5) is 9.34. The molecule has 0 fully saturated rings. The molecule has 0 spiro atoms. The molecule has 0 unspecified atom stereocenters. The normalized spacial score (nSPS) is 14.4. The average Bonchev–Trinajstić information content (AvgIpc) is 3.13. The van der Waals surface area contributed by atoms with E-state index in [2.05, 4.69) is 59.6 Å². The molecule has 0 radical (unpaired) electrons. The Morgan fingerprint density at radius 3 is 2.70 bits per heavy atom. The number of fused-ring (bicyclic) bond motifs is 1. The number of anilines is 1. The number of allylic oxidation sites excluding steroid dienone is 1. The maximum atomic E-state index is 5.65. The third-order valence-corrected chi connectivity index (χ3v) is 5.13. The van der Waals surface area contributed by atoms with Crippen LogP contribution in [0.25, 0.3) is 22.4 Å². The molecule has 0 bridgehead atoms. The lowest BCUT2D eigenvalue weighted by Gasteiger charge is -2.13. The Morgan fingerprint density at radius 1 is 1.11 bits per heavy atom. The van der Waals surface area contributed by atoms with Gasteiger partial charge < -0.3 is 9.84 Å². The fourth-order valence-corrected chi connectivity index (χ4v) is 3.53. The zero-order valence-corrected chi connectivity index (χ0v) is 16.1. The van der Waals surface area contributed by atoms with Crippen molar-refractivity contribution in [3.63, 3.8) is 0 Å². The van der Waals surface area contributed by atoms with Gasteiger partial charge in [-0.2, -0.15) is 0 Å². The van der Waals surface area contributed by atoms with Crippen molar-refractivity contribution in [2.45, 2.75) is 52.4 Å². The molecule has 1 aromatic carbocycles. The van der Waals surface area contributed by atoms with Gasteiger partial charge in [-0.05, 0) is 39.0 Å². The maximum Gasteiger partial charge on any atom is 0.228 e. The minimum absolute atomic E-state index is 0.639. The highest BCUT2D eigenvalue weighted by Crippen LogP contribution is 2.30. The Labute approximate surface area is 159 Å². The molecule has 1 aliphatic carbocycles. The number of nitrogens with one attached hydrogen (secondary N) is 1. The Hall–Kier alpha value is -2.69. The second-order valence-electron chi connectivity index (χ2n) is 7.20. The van der Waals surface area contributed by atoms with E-state index in [1.165, 1.54) is 31.2 Å². The molecule has 5 nitrogen and oxygen atoms in total. The molecule has 0 aliphatic heterocycles. The third kappa shape index (κ3) is 3.87. The van der Waals surface area contributed by atoms with Gasteiger partial charge in [-0.3, -0.25) is 0 Å². The van der Waals surface area contributed by atoms with Crippen LogP contribution in [0.3, 0.4) is 0 Å². The molecule has 140 valence electrons. The predicted molar refractivity (Wildman–Crippen MR) is 109 cm³/mol. The van der Waals surface area contributed by atoms with Crippen molar-refractivity contribution in [1.29, 1.82) is 0 Å². The van der Waals surface area contributed by atoms with Gasteiger partial charge in [-0.25, -0.2) is 9.97 Å². The number of nitrogens with zero attached hydrogens (tertiary/aromatic N) is 3. The van der Waals surface area contributed by atoms with Gasteiger partial charge in [0.1, 0.15) is 17.0 Å². The van der Waals surface area contributed by atoms with E-state index in [0.29, 0.717) is 5.58 Å². The molecule has 0 saturated heterocycles. The molecular formula is C22H26N4O. The van der Waals surface area contributed by atoms with Gasteiger partial charge in [-0.15, -0.1) is 0 Å². The summed E-state index contributed by atoms with van der Waals surface area (Å²) in [6.45, 7) is 4.99. The summed E-state index contributed by atoms with van der Waals surface area (Å²) in [5.41, 5.74) is 5.98. The molecule has 2 heterocycles. The highest BCUT2D eigenvalue weighted by molar-refractivity contribution is 5.93. The van der Waals surface area contributed by atoms with Gasteiger partial charge >= 0.3 is 0 Å². The molecule has 4 rings (SSSR count). The van der Waals surface area contributed by atoms with Crippen LogP contribution in [0.4, 0.5) is 5.82 Å². The number of rotatable bonds is 6. The minimum Gasteiger partial charge on any atom is -0.366 e. The van der Waals surface area contributed by atoms with Crippen molar-refractivity contribution in [2.75, 3.05) is 11.9 Å². The van der Waals surface area contributed by atoms with Crippen molar-refractivity contribution in [1.82, 2.24) is 15.1 Å². The van der Waals surface area contributed by atoms with Crippen molar-refractivity contribution in [3.8, 4) is 11.3 Å². The van der Waals surface area contributed by atoms with Crippen LogP contribution in [-0.4, -0.2) is 21.7 Å². The second kappa shape index (κ2) is 7.91. The van der Waals surface area contributed by atoms with E-state index in [0.717, 1.165) is 47.8 Å². The fraction of sp³-hybridized carbons (Fsp3) is 0.409. The quantitative estimate of drug-likeness (QED) is 0.590. The Morgan fingerprint density at radius 2 is 1.96 bits per heavy atom. The van der Waals surface area contributed by atoms with Crippen LogP contribution in [0.2, 0.25) is 0 Å². The first-order chi connectivity index (χ1) is 13.2. The summed E-state index contributed by atoms with van der Waals surface area (Å²) in [7, 11) is 0. The van der Waals surface area contributed by atoms with Crippen LogP contribution >= 0.6 is 0 Å². The average molecular weight is 362 g/mol. The number of hydrogen-bond donors (Lipinski definition) is 1. The standard InChI is InChI=1S/C22H26N4O/c1-3-18-24-20-19(17-11-9-15(2)10-12-17)26-27-21(20)22(25-18)23-14-13-16-7-5-4-6-8-16/h7,9-12H,3-6,8,13-14H2,1-2H3,(H,23,24,25). The largest absolute Gasteiger partial charge is 0.366 e. The van der Waals surface area contributed by atoms with Crippen molar-refractivity contribution < 1.29 is 4.52 Å². The van der Waals surface area contributed by atoms with Gasteiger partial charge in [0.2, 0.25) is 5.58 Å². The van der Waals surface area contributed by atoms with Crippen LogP contribution in [0.15, 0.2) is 40.4 Å². The molecule has 0 atom stereocenters. The predicted octanol–water partition coefficient (Wildman–Crippen LogP) is 5.46. The molecule has 3 aromatic rings. The van der Waals surface area contributed by atoms with E-state index < -0.39 is 0 Å². The number of aromatic nitrogens is 3. The molecule has 0 amide bonds. The first-order valence-corrected chi connectivity index (χ1v) is 9.89. The zero-order valence-electron chi connectivity index (χ0n) is 16.1. The van der Waals surface area contributed by atoms with Crippen molar-refractivity contribution in [3.05, 3.63) is 47.3 Å². The summed E-state index contributed by atoms with van der Waals surface area (Å²) >= 11 is 0. The number of aryl methyl sites for hydroxylation is 2. The second-order valence-corrected chi connectivity index (χ2v) is 7.20. The third-order valence-electron chi connectivity index (χ3n) is 5.13. The smallest absolute Gasteiger partial charge is 0.228 e. The molecule has 1 N–H and O–H groups in total. The van der Waals surface area contributed by atoms with Crippen LogP contribution in [0.1, 0.15) is 50.4 Å². The first kappa shape index (κ1) is 17.7. The monoisotopic (exact) mass is 362 g/mol. The summed E-state index contributed by atoms with van der Waals surface area (Å²) in [5.74, 6) is 1.55. The van der Waals surface area contributed by atoms with Crippen LogP contribution < -0.4 is 5.32 Å². The van der Waals surface area contributed by atoms with E-state index >= 15 is 0 Å². The van der Waals surface area contributed by atoms with E-state index in [4.69, 9.17) is 9.51 Å². The van der Waals surface area contributed by atoms with Crippen molar-refractivity contribution in [2.24, 2.45) is 0 Å². The van der Waals surface area contributed by atoms with Crippen LogP contribution in [0, 0.1) is 6.92 Å². The summed E-state index contributed by atoms with van der Waals surface area (Å²) in [5, 5.41) is 7.76. The lowest BCUT2D eigenvalue weighted by atomic mass is 9.97. The molecule has 0 saturated carbocycles. The summed E-state index contributed by atoms with van der Waals surface area (Å²) in [6.07, 6.45) is 9.28. The summed E-state index contributed by atoms with van der Waals surface area (Å²) in [6, 6.07) is 8.27. The van der Waals surface area contributed by atoms with Gasteiger partial charge in [-0.1, -0.05) is 53.6 Å². The highest BCUT2D eigenvalue weighted by Gasteiger charge is 2.18. The van der Waals surface area contributed by atoms with Crippen LogP contribution in [-0.2, 0) is 6.42 Å². The first-order valence-electron chi connectivity index (χ1n) is 9.89. The molecule has 5 heteroatoms. The van der Waals surface area contributed by atoms with Gasteiger partial charge in [0, 0.05) is 18.5 Å². The molecular weight excluding hydrogens is 336 g/mol. The SMILES string of the molecule is CCc1nc(NCCC2=CCCCC2)c2onc(-c3ccc(C)cc3)c2n1. The fourth-order valence-electron chi connectivity index (χ4n) is 3.53. The lowest BCUT2D eigenvalue weighted by molar-refractivity contribution is 0.459. The van der Waals surface area contributed by atoms with E-state index in [9.17, 15) is 0 Å². The van der Waals surface area contributed by atoms with E-state index in [1.54, 1.807) is 5.57 Å². The van der Waals surface area contributed by atoms with Gasteiger partial charge in [0.15, 0.2) is 5.82 Å². The molecule has 1 aliphatic rings. The van der Waals surface area contributed by atoms with Crippen molar-refractivity contribution >= 4 is 16.9 Å². The minimum atomic E-state index is 0.639. The van der Waals surface area contributed by atoms with Gasteiger partial charge in [0.05, 0.1) is 0 Å².